The van der Waals surface area contributed by atoms with Gasteiger partial charge in [-0.2, -0.15) is 8.78 Å². The average molecular weight is 247 g/mol. The lowest BCUT2D eigenvalue weighted by molar-refractivity contribution is -0.385. The van der Waals surface area contributed by atoms with Gasteiger partial charge in [-0.05, 0) is 13.0 Å². The molecule has 0 saturated carbocycles. The van der Waals surface area contributed by atoms with Gasteiger partial charge >= 0.3 is 12.6 Å². The van der Waals surface area contributed by atoms with Gasteiger partial charge < -0.3 is 9.84 Å². The summed E-state index contributed by atoms with van der Waals surface area (Å²) in [5.74, 6) is -2.01. The van der Waals surface area contributed by atoms with Gasteiger partial charge in [0.05, 0.1) is 16.6 Å². The van der Waals surface area contributed by atoms with Crippen LogP contribution in [0, 0.1) is 17.0 Å². The molecule has 0 radical (unpaired) electrons. The fourth-order valence-electron chi connectivity index (χ4n) is 1.26. The van der Waals surface area contributed by atoms with Crippen LogP contribution in [-0.4, -0.2) is 22.6 Å². The third-order valence-electron chi connectivity index (χ3n) is 2.01. The molecule has 1 aromatic rings. The van der Waals surface area contributed by atoms with E-state index >= 15 is 0 Å². The Morgan fingerprint density at radius 1 is 1.53 bits per heavy atom. The first kappa shape index (κ1) is 12.8. The predicted molar refractivity (Wildman–Crippen MR) is 51.4 cm³/mol. The largest absolute Gasteiger partial charge is 0.478 e. The molecule has 17 heavy (non-hydrogen) atoms. The van der Waals surface area contributed by atoms with Crippen molar-refractivity contribution in [2.75, 3.05) is 0 Å². The number of aromatic carboxylic acids is 1. The summed E-state index contributed by atoms with van der Waals surface area (Å²) in [4.78, 5) is 20.5. The van der Waals surface area contributed by atoms with Crippen LogP contribution >= 0.6 is 0 Å². The molecule has 0 atom stereocenters. The van der Waals surface area contributed by atoms with Crippen LogP contribution in [0.15, 0.2) is 12.1 Å². The summed E-state index contributed by atoms with van der Waals surface area (Å²) in [6.07, 6.45) is 0. The predicted octanol–water partition coefficient (Wildman–Crippen LogP) is 2.20. The molecule has 8 heteroatoms. The lowest BCUT2D eigenvalue weighted by Crippen LogP contribution is -2.07. The highest BCUT2D eigenvalue weighted by Crippen LogP contribution is 2.28. The van der Waals surface area contributed by atoms with Crippen molar-refractivity contribution >= 4 is 11.7 Å². The van der Waals surface area contributed by atoms with Gasteiger partial charge in [0.25, 0.3) is 5.69 Å². The maximum atomic E-state index is 11.9. The molecule has 0 amide bonds. The van der Waals surface area contributed by atoms with Gasteiger partial charge in [-0.3, -0.25) is 10.1 Å². The number of nitrogens with zero attached hydrogens (tertiary/aromatic N) is 1. The van der Waals surface area contributed by atoms with Crippen LogP contribution in [0.25, 0.3) is 0 Å². The van der Waals surface area contributed by atoms with E-state index in [1.807, 2.05) is 0 Å². The summed E-state index contributed by atoms with van der Waals surface area (Å²) in [5, 5.41) is 19.4. The first-order valence-electron chi connectivity index (χ1n) is 4.30. The Hall–Kier alpha value is -2.25. The van der Waals surface area contributed by atoms with Crippen LogP contribution in [0.3, 0.4) is 0 Å². The zero-order chi connectivity index (χ0) is 13.2. The van der Waals surface area contributed by atoms with Crippen LogP contribution in [0.5, 0.6) is 5.75 Å². The van der Waals surface area contributed by atoms with Crippen molar-refractivity contribution in [3.63, 3.8) is 0 Å². The smallest absolute Gasteiger partial charge is 0.387 e. The number of nitro benzene ring substituents is 1. The van der Waals surface area contributed by atoms with Crippen LogP contribution in [0.1, 0.15) is 15.9 Å². The molecule has 0 aliphatic carbocycles. The van der Waals surface area contributed by atoms with Gasteiger partial charge in [0.15, 0.2) is 0 Å². The molecule has 0 unspecified atom stereocenters. The number of hydrogen-bond acceptors (Lipinski definition) is 4. The Morgan fingerprint density at radius 3 is 2.53 bits per heavy atom. The van der Waals surface area contributed by atoms with Gasteiger partial charge in [0, 0.05) is 5.56 Å². The Balaban J connectivity index is 3.36. The van der Waals surface area contributed by atoms with Gasteiger partial charge in [-0.1, -0.05) is 0 Å². The van der Waals surface area contributed by atoms with E-state index in [1.54, 1.807) is 0 Å². The van der Waals surface area contributed by atoms with Gasteiger partial charge in [0.1, 0.15) is 5.75 Å². The van der Waals surface area contributed by atoms with E-state index in [0.29, 0.717) is 0 Å². The summed E-state index contributed by atoms with van der Waals surface area (Å²) in [6.45, 7) is -1.97. The van der Waals surface area contributed by atoms with Crippen molar-refractivity contribution < 1.29 is 28.3 Å². The van der Waals surface area contributed by atoms with Gasteiger partial charge in [0.2, 0.25) is 0 Å². The Labute approximate surface area is 93.6 Å². The quantitative estimate of drug-likeness (QED) is 0.650. The number of ether oxygens (including phenoxy) is 1. The third-order valence-corrected chi connectivity index (χ3v) is 2.01. The lowest BCUT2D eigenvalue weighted by Gasteiger charge is -2.07. The number of alkyl halides is 2. The van der Waals surface area contributed by atoms with E-state index < -0.39 is 34.5 Å². The molecule has 0 heterocycles. The molecule has 0 fully saturated rings. The number of rotatable bonds is 4. The minimum Gasteiger partial charge on any atom is -0.478 e. The SMILES string of the molecule is Cc1c(C(=O)O)cc(OC(F)F)cc1[N+](=O)[O-]. The lowest BCUT2D eigenvalue weighted by atomic mass is 10.1. The third kappa shape index (κ3) is 2.86. The van der Waals surface area contributed by atoms with E-state index in [4.69, 9.17) is 5.11 Å². The number of benzene rings is 1. The number of carbonyl (C=O) groups is 1. The molecule has 0 aromatic heterocycles. The molecule has 0 saturated heterocycles. The number of carboxylic acids is 1. The van der Waals surface area contributed by atoms with Crippen LogP contribution < -0.4 is 4.74 Å². The van der Waals surface area contributed by atoms with Crippen molar-refractivity contribution in [2.45, 2.75) is 13.5 Å². The van der Waals surface area contributed by atoms with E-state index in [-0.39, 0.29) is 5.56 Å². The first-order chi connectivity index (χ1) is 7.82. The highest BCUT2D eigenvalue weighted by molar-refractivity contribution is 5.91. The molecular formula is C9H7F2NO5. The second-order valence-electron chi connectivity index (χ2n) is 3.06. The Kier molecular flexibility index (Phi) is 3.56. The van der Waals surface area contributed by atoms with E-state index in [9.17, 15) is 23.7 Å². The fourth-order valence-corrected chi connectivity index (χ4v) is 1.26. The summed E-state index contributed by atoms with van der Waals surface area (Å²) >= 11 is 0. The van der Waals surface area contributed by atoms with E-state index in [1.165, 1.54) is 6.92 Å². The van der Waals surface area contributed by atoms with Crippen LogP contribution in [-0.2, 0) is 0 Å². The molecule has 0 bridgehead atoms. The number of hydrogen-bond donors (Lipinski definition) is 1. The molecule has 0 spiro atoms. The van der Waals surface area contributed by atoms with Crippen LogP contribution in [0.2, 0.25) is 0 Å². The van der Waals surface area contributed by atoms with Crippen molar-refractivity contribution in [3.8, 4) is 5.75 Å². The van der Waals surface area contributed by atoms with Crippen molar-refractivity contribution in [2.24, 2.45) is 0 Å². The van der Waals surface area contributed by atoms with Gasteiger partial charge in [-0.15, -0.1) is 0 Å². The van der Waals surface area contributed by atoms with Crippen LogP contribution in [0.4, 0.5) is 14.5 Å². The monoisotopic (exact) mass is 247 g/mol. The number of carboxylic acid groups (broad SMARTS) is 1. The van der Waals surface area contributed by atoms with Crippen molar-refractivity contribution in [1.29, 1.82) is 0 Å². The zero-order valence-corrected chi connectivity index (χ0v) is 8.52. The van der Waals surface area contributed by atoms with Gasteiger partial charge in [-0.25, -0.2) is 4.79 Å². The first-order valence-corrected chi connectivity index (χ1v) is 4.30. The molecule has 0 aliphatic heterocycles. The standard InChI is InChI=1S/C9H7F2NO5/c1-4-6(8(13)14)2-5(17-9(10)11)3-7(4)12(15)16/h2-3,9H,1H3,(H,13,14). The molecule has 92 valence electrons. The summed E-state index contributed by atoms with van der Waals surface area (Å²) in [6, 6.07) is 1.57. The summed E-state index contributed by atoms with van der Waals surface area (Å²) in [5.41, 5.74) is -1.15. The molecule has 1 rings (SSSR count). The average Bonchev–Trinajstić information content (AvgIpc) is 2.18. The van der Waals surface area contributed by atoms with E-state index in [2.05, 4.69) is 4.74 Å². The number of nitro groups is 1. The Morgan fingerprint density at radius 2 is 2.12 bits per heavy atom. The highest BCUT2D eigenvalue weighted by Gasteiger charge is 2.21. The van der Waals surface area contributed by atoms with Crippen molar-refractivity contribution in [3.05, 3.63) is 33.4 Å². The number of halogens is 2. The molecule has 1 aromatic carbocycles. The maximum absolute atomic E-state index is 11.9. The second-order valence-corrected chi connectivity index (χ2v) is 3.06. The topological polar surface area (TPSA) is 89.7 Å². The second kappa shape index (κ2) is 4.73. The van der Waals surface area contributed by atoms with E-state index in [0.717, 1.165) is 12.1 Å². The normalized spacial score (nSPS) is 10.4. The summed E-state index contributed by atoms with van der Waals surface area (Å²) < 4.78 is 27.8. The fraction of sp³-hybridized carbons (Fsp3) is 0.222. The maximum Gasteiger partial charge on any atom is 0.387 e. The minimum atomic E-state index is -3.18. The summed E-state index contributed by atoms with van der Waals surface area (Å²) in [7, 11) is 0. The molecular weight excluding hydrogens is 240 g/mol. The highest BCUT2D eigenvalue weighted by atomic mass is 19.3. The minimum absolute atomic E-state index is 0.121. The Bertz CT molecular complexity index is 439. The molecule has 1 N–H and O–H groups in total. The molecule has 0 aliphatic rings. The molecule has 6 nitrogen and oxygen atoms in total. The zero-order valence-electron chi connectivity index (χ0n) is 8.52. The van der Waals surface area contributed by atoms with Crippen molar-refractivity contribution in [1.82, 2.24) is 0 Å².